The lowest BCUT2D eigenvalue weighted by molar-refractivity contribution is -0.132. The highest BCUT2D eigenvalue weighted by atomic mass is 35.5. The average Bonchev–Trinajstić information content (AvgIpc) is 1.99. The van der Waals surface area contributed by atoms with E-state index in [0.717, 1.165) is 0 Å². The minimum atomic E-state index is -1.06. The van der Waals surface area contributed by atoms with Crippen LogP contribution in [0, 0.1) is 0 Å². The second-order valence-electron chi connectivity index (χ2n) is 2.38. The van der Waals surface area contributed by atoms with Gasteiger partial charge in [0.25, 0.3) is 0 Å². The highest BCUT2D eigenvalue weighted by molar-refractivity contribution is 6.33. The highest BCUT2D eigenvalue weighted by Crippen LogP contribution is 2.28. The molecule has 0 aliphatic heterocycles. The van der Waals surface area contributed by atoms with Gasteiger partial charge in [0.15, 0.2) is 0 Å². The number of hydrogen-bond donors (Lipinski definition) is 2. The molecule has 0 bridgehead atoms. The van der Waals surface area contributed by atoms with E-state index in [1.165, 1.54) is 6.08 Å². The van der Waals surface area contributed by atoms with E-state index in [1.54, 1.807) is 0 Å². The number of carboxylic acid groups (broad SMARTS) is 1. The lowest BCUT2D eigenvalue weighted by Crippen LogP contribution is -2.14. The van der Waals surface area contributed by atoms with Crippen LogP contribution in [-0.2, 0) is 4.79 Å². The molecule has 0 saturated carbocycles. The van der Waals surface area contributed by atoms with Crippen molar-refractivity contribution in [3.63, 3.8) is 0 Å². The maximum absolute atomic E-state index is 10.5. The van der Waals surface area contributed by atoms with E-state index in [4.69, 9.17) is 33.4 Å². The van der Waals surface area contributed by atoms with Crippen LogP contribution in [-0.4, -0.2) is 21.6 Å². The van der Waals surface area contributed by atoms with Crippen LogP contribution in [0.2, 0.25) is 0 Å². The summed E-state index contributed by atoms with van der Waals surface area (Å²) in [5, 5.41) is 17.0. The van der Waals surface area contributed by atoms with Crippen LogP contribution >= 0.6 is 23.2 Å². The van der Waals surface area contributed by atoms with Gasteiger partial charge in [0.2, 0.25) is 0 Å². The third-order valence-corrected chi connectivity index (χ3v) is 2.18. The standard InChI is InChI=1S/C7H6Cl2O3/c8-4-1-3(7(11)12)2-5(9)6(4)10/h1,5,10H,2H2,(H,11,12). The fourth-order valence-electron chi connectivity index (χ4n) is 0.874. The molecule has 0 saturated heterocycles. The van der Waals surface area contributed by atoms with Crippen LogP contribution in [0.4, 0.5) is 0 Å². The average molecular weight is 209 g/mol. The summed E-state index contributed by atoms with van der Waals surface area (Å²) in [6, 6.07) is 0. The Bertz CT molecular complexity index is 280. The van der Waals surface area contributed by atoms with Crippen LogP contribution in [0.25, 0.3) is 0 Å². The second kappa shape index (κ2) is 3.37. The molecule has 3 nitrogen and oxygen atoms in total. The lowest BCUT2D eigenvalue weighted by Gasteiger charge is -2.14. The minimum absolute atomic E-state index is 0.00125. The monoisotopic (exact) mass is 208 g/mol. The van der Waals surface area contributed by atoms with Crippen molar-refractivity contribution in [1.82, 2.24) is 0 Å². The molecule has 0 amide bonds. The zero-order chi connectivity index (χ0) is 9.30. The summed E-state index contributed by atoms with van der Waals surface area (Å²) in [5.74, 6) is -1.23. The number of halogens is 2. The van der Waals surface area contributed by atoms with Gasteiger partial charge in [0.1, 0.15) is 5.76 Å². The molecule has 1 atom stereocenters. The number of allylic oxidation sites excluding steroid dienone is 3. The summed E-state index contributed by atoms with van der Waals surface area (Å²) in [6.45, 7) is 0. The van der Waals surface area contributed by atoms with Crippen molar-refractivity contribution in [2.45, 2.75) is 11.8 Å². The second-order valence-corrected chi connectivity index (χ2v) is 3.31. The van der Waals surface area contributed by atoms with Crippen molar-refractivity contribution < 1.29 is 15.0 Å². The highest BCUT2D eigenvalue weighted by Gasteiger charge is 2.23. The van der Waals surface area contributed by atoms with E-state index in [0.29, 0.717) is 0 Å². The third-order valence-electron chi connectivity index (χ3n) is 1.52. The third kappa shape index (κ3) is 1.73. The van der Waals surface area contributed by atoms with Crippen LogP contribution in [0.1, 0.15) is 6.42 Å². The maximum atomic E-state index is 10.5. The largest absolute Gasteiger partial charge is 0.509 e. The van der Waals surface area contributed by atoms with Crippen LogP contribution in [0.15, 0.2) is 22.4 Å². The number of aliphatic hydroxyl groups excluding tert-OH is 1. The van der Waals surface area contributed by atoms with E-state index < -0.39 is 11.3 Å². The summed E-state index contributed by atoms with van der Waals surface area (Å²) in [4.78, 5) is 10.5. The molecular formula is C7H6Cl2O3. The predicted octanol–water partition coefficient (Wildman–Crippen LogP) is 2.02. The zero-order valence-electron chi connectivity index (χ0n) is 5.92. The van der Waals surface area contributed by atoms with E-state index in [-0.39, 0.29) is 22.8 Å². The Hall–Kier alpha value is -0.670. The van der Waals surface area contributed by atoms with Gasteiger partial charge in [0.05, 0.1) is 10.4 Å². The Morgan fingerprint density at radius 1 is 1.67 bits per heavy atom. The first-order chi connectivity index (χ1) is 5.52. The lowest BCUT2D eigenvalue weighted by atomic mass is 10.0. The van der Waals surface area contributed by atoms with E-state index in [9.17, 15) is 4.79 Å². The topological polar surface area (TPSA) is 57.5 Å². The molecule has 0 fully saturated rings. The Kier molecular flexibility index (Phi) is 2.65. The van der Waals surface area contributed by atoms with Gasteiger partial charge in [-0.2, -0.15) is 0 Å². The molecule has 0 radical (unpaired) electrons. The van der Waals surface area contributed by atoms with Crippen molar-refractivity contribution in [3.05, 3.63) is 22.4 Å². The number of hydrogen-bond acceptors (Lipinski definition) is 2. The van der Waals surface area contributed by atoms with E-state index >= 15 is 0 Å². The van der Waals surface area contributed by atoms with E-state index in [1.807, 2.05) is 0 Å². The zero-order valence-corrected chi connectivity index (χ0v) is 7.43. The van der Waals surface area contributed by atoms with Crippen molar-refractivity contribution in [2.24, 2.45) is 0 Å². The SMILES string of the molecule is O=C(O)C1=CC(Cl)=C(O)C(Cl)C1. The number of alkyl halides is 1. The van der Waals surface area contributed by atoms with Crippen molar-refractivity contribution in [2.75, 3.05) is 0 Å². The summed E-state index contributed by atoms with van der Waals surface area (Å²) >= 11 is 11.1. The molecule has 0 aromatic rings. The predicted molar refractivity (Wildman–Crippen MR) is 45.5 cm³/mol. The molecule has 1 rings (SSSR count). The van der Waals surface area contributed by atoms with Crippen LogP contribution < -0.4 is 0 Å². The van der Waals surface area contributed by atoms with Gasteiger partial charge in [0, 0.05) is 12.0 Å². The summed E-state index contributed by atoms with van der Waals surface area (Å²) in [7, 11) is 0. The number of rotatable bonds is 1. The Morgan fingerprint density at radius 3 is 2.67 bits per heavy atom. The van der Waals surface area contributed by atoms with Crippen molar-refractivity contribution in [1.29, 1.82) is 0 Å². The Labute approximate surface area is 78.9 Å². The van der Waals surface area contributed by atoms with Crippen LogP contribution in [0.3, 0.4) is 0 Å². The van der Waals surface area contributed by atoms with Crippen LogP contribution in [0.5, 0.6) is 0 Å². The molecule has 12 heavy (non-hydrogen) atoms. The maximum Gasteiger partial charge on any atom is 0.331 e. The summed E-state index contributed by atoms with van der Waals surface area (Å²) < 4.78 is 0. The van der Waals surface area contributed by atoms with Crippen molar-refractivity contribution >= 4 is 29.2 Å². The summed E-state index contributed by atoms with van der Waals surface area (Å²) in [5.41, 5.74) is 0.109. The van der Waals surface area contributed by atoms with Gasteiger partial charge < -0.3 is 10.2 Å². The molecule has 66 valence electrons. The molecule has 0 heterocycles. The van der Waals surface area contributed by atoms with Gasteiger partial charge in [-0.05, 0) is 6.08 Å². The molecule has 5 heteroatoms. The van der Waals surface area contributed by atoms with Gasteiger partial charge in [-0.3, -0.25) is 0 Å². The van der Waals surface area contributed by atoms with Gasteiger partial charge in [-0.25, -0.2) is 4.79 Å². The fraction of sp³-hybridized carbons (Fsp3) is 0.286. The Morgan fingerprint density at radius 2 is 2.25 bits per heavy atom. The molecular weight excluding hydrogens is 203 g/mol. The molecule has 0 spiro atoms. The number of aliphatic carboxylic acids is 1. The first-order valence-electron chi connectivity index (χ1n) is 3.19. The van der Waals surface area contributed by atoms with Crippen molar-refractivity contribution in [3.8, 4) is 0 Å². The first kappa shape index (κ1) is 9.42. The molecule has 1 aliphatic rings. The first-order valence-corrected chi connectivity index (χ1v) is 4.00. The number of carboxylic acids is 1. The van der Waals surface area contributed by atoms with Gasteiger partial charge in [-0.1, -0.05) is 11.6 Å². The fourth-order valence-corrected chi connectivity index (χ4v) is 1.48. The molecule has 1 aliphatic carbocycles. The molecule has 1 unspecified atom stereocenters. The summed E-state index contributed by atoms with van der Waals surface area (Å²) in [6.07, 6.45) is 1.30. The smallest absolute Gasteiger partial charge is 0.331 e. The van der Waals surface area contributed by atoms with Gasteiger partial charge in [-0.15, -0.1) is 11.6 Å². The van der Waals surface area contributed by atoms with Gasteiger partial charge >= 0.3 is 5.97 Å². The number of aliphatic hydroxyl groups is 1. The number of carbonyl (C=O) groups is 1. The van der Waals surface area contributed by atoms with E-state index in [2.05, 4.69) is 0 Å². The molecule has 2 N–H and O–H groups in total. The normalized spacial score (nSPS) is 23.8. The molecule has 0 aromatic carbocycles. The Balaban J connectivity index is 2.98. The minimum Gasteiger partial charge on any atom is -0.509 e. The molecule has 0 aromatic heterocycles. The quantitative estimate of drug-likeness (QED) is 0.649.